The van der Waals surface area contributed by atoms with Crippen LogP contribution in [-0.4, -0.2) is 9.55 Å². The number of aromatic nitrogens is 2. The molecule has 0 aliphatic rings. The number of anilines is 3. The van der Waals surface area contributed by atoms with E-state index in [-0.39, 0.29) is 0 Å². The third-order valence-electron chi connectivity index (χ3n) is 11.2. The second kappa shape index (κ2) is 14.5. The van der Waals surface area contributed by atoms with Crippen LogP contribution in [0.1, 0.15) is 0 Å². The van der Waals surface area contributed by atoms with Crippen LogP contribution >= 0.6 is 0 Å². The van der Waals surface area contributed by atoms with Gasteiger partial charge in [0, 0.05) is 28.0 Å². The molecule has 0 spiro atoms. The van der Waals surface area contributed by atoms with Crippen LogP contribution in [0.4, 0.5) is 17.1 Å². The molecule has 0 unspecified atom stereocenters. The Labute approximate surface area is 342 Å². The van der Waals surface area contributed by atoms with Gasteiger partial charge in [-0.2, -0.15) is 0 Å². The Morgan fingerprint density at radius 3 is 1.61 bits per heavy atom. The Kier molecular flexibility index (Phi) is 8.45. The van der Waals surface area contributed by atoms with Gasteiger partial charge in [-0.05, 0) is 106 Å². The lowest BCUT2D eigenvalue weighted by molar-refractivity contribution is 0.669. The smallest absolute Gasteiger partial charge is 0.145 e. The Balaban J connectivity index is 1.11. The molecule has 0 radical (unpaired) electrons. The van der Waals surface area contributed by atoms with Crippen molar-refractivity contribution in [2.45, 2.75) is 0 Å². The first kappa shape index (κ1) is 34.3. The van der Waals surface area contributed by atoms with E-state index in [2.05, 4.69) is 216 Å². The van der Waals surface area contributed by atoms with Gasteiger partial charge in [0.25, 0.3) is 0 Å². The van der Waals surface area contributed by atoms with Crippen LogP contribution in [-0.2, 0) is 0 Å². The van der Waals surface area contributed by atoms with E-state index in [0.29, 0.717) is 0 Å². The molecule has 0 saturated heterocycles. The normalized spacial score (nSPS) is 11.4. The Hall–Kier alpha value is -7.95. The molecule has 2 heterocycles. The minimum atomic E-state index is 0.826. The molecule has 4 heteroatoms. The molecule has 11 rings (SSSR count). The molecule has 2 aromatic heterocycles. The molecule has 9 aromatic carbocycles. The number of rotatable bonds is 8. The summed E-state index contributed by atoms with van der Waals surface area (Å²) >= 11 is 0. The van der Waals surface area contributed by atoms with Crippen LogP contribution in [0.2, 0.25) is 0 Å². The fourth-order valence-electron chi connectivity index (χ4n) is 8.37. The number of benzene rings is 9. The predicted molar refractivity (Wildman–Crippen MR) is 245 cm³/mol. The summed E-state index contributed by atoms with van der Waals surface area (Å²) in [5.74, 6) is 0.892. The number of nitrogens with zero attached hydrogens (tertiary/aromatic N) is 3. The van der Waals surface area contributed by atoms with Crippen molar-refractivity contribution in [1.29, 1.82) is 0 Å². The SMILES string of the molecule is c1ccc(-c2ccc(N(c3ccc(-c4ccccc4)cc3)c3cc(-c4cccc(-c5nc6ccccc6n5-c5ccccc5)c4)cc4oc5ccccc5c34)cc2)cc1. The van der Waals surface area contributed by atoms with E-state index < -0.39 is 0 Å². The first-order valence-corrected chi connectivity index (χ1v) is 20.0. The topological polar surface area (TPSA) is 34.2 Å². The summed E-state index contributed by atoms with van der Waals surface area (Å²) in [4.78, 5) is 7.56. The second-order valence-electron chi connectivity index (χ2n) is 14.8. The van der Waals surface area contributed by atoms with Crippen molar-refractivity contribution in [3.8, 4) is 50.5 Å². The van der Waals surface area contributed by atoms with Crippen molar-refractivity contribution in [2.24, 2.45) is 0 Å². The maximum atomic E-state index is 6.72. The first-order chi connectivity index (χ1) is 29.2. The van der Waals surface area contributed by atoms with Crippen LogP contribution in [0.3, 0.4) is 0 Å². The minimum Gasteiger partial charge on any atom is -0.456 e. The summed E-state index contributed by atoms with van der Waals surface area (Å²) in [6.07, 6.45) is 0. The van der Waals surface area contributed by atoms with Gasteiger partial charge in [0.2, 0.25) is 0 Å². The van der Waals surface area contributed by atoms with Gasteiger partial charge < -0.3 is 9.32 Å². The van der Waals surface area contributed by atoms with Gasteiger partial charge in [-0.3, -0.25) is 4.57 Å². The number of fused-ring (bicyclic) bond motifs is 4. The average molecular weight is 756 g/mol. The summed E-state index contributed by atoms with van der Waals surface area (Å²) in [6.45, 7) is 0. The summed E-state index contributed by atoms with van der Waals surface area (Å²) in [5.41, 5.74) is 15.7. The molecule has 0 atom stereocenters. The molecule has 4 nitrogen and oxygen atoms in total. The highest BCUT2D eigenvalue weighted by molar-refractivity contribution is 6.14. The summed E-state index contributed by atoms with van der Waals surface area (Å²) in [5, 5.41) is 2.13. The van der Waals surface area contributed by atoms with Crippen molar-refractivity contribution in [1.82, 2.24) is 9.55 Å². The molecule has 278 valence electrons. The molecule has 0 aliphatic heterocycles. The second-order valence-corrected chi connectivity index (χ2v) is 14.8. The maximum absolute atomic E-state index is 6.72. The van der Waals surface area contributed by atoms with E-state index in [9.17, 15) is 0 Å². The van der Waals surface area contributed by atoms with E-state index in [4.69, 9.17) is 9.40 Å². The third kappa shape index (κ3) is 6.24. The molecule has 0 fully saturated rings. The monoisotopic (exact) mass is 755 g/mol. The molecule has 59 heavy (non-hydrogen) atoms. The molecule has 0 amide bonds. The minimum absolute atomic E-state index is 0.826. The quantitative estimate of drug-likeness (QED) is 0.155. The van der Waals surface area contributed by atoms with Crippen LogP contribution in [0.25, 0.3) is 83.4 Å². The maximum Gasteiger partial charge on any atom is 0.145 e. The zero-order valence-electron chi connectivity index (χ0n) is 32.1. The molecule has 0 saturated carbocycles. The zero-order chi connectivity index (χ0) is 39.1. The zero-order valence-corrected chi connectivity index (χ0v) is 32.1. The summed E-state index contributed by atoms with van der Waals surface area (Å²) < 4.78 is 8.97. The molecule has 0 bridgehead atoms. The number of hydrogen-bond acceptors (Lipinski definition) is 3. The van der Waals surface area contributed by atoms with Crippen molar-refractivity contribution in [3.05, 3.63) is 224 Å². The fraction of sp³-hybridized carbons (Fsp3) is 0. The van der Waals surface area contributed by atoms with Gasteiger partial charge in [0.15, 0.2) is 0 Å². The van der Waals surface area contributed by atoms with Crippen LogP contribution in [0.15, 0.2) is 229 Å². The van der Waals surface area contributed by atoms with Gasteiger partial charge in [-0.25, -0.2) is 4.98 Å². The number of para-hydroxylation sites is 4. The average Bonchev–Trinajstić information content (AvgIpc) is 3.90. The lowest BCUT2D eigenvalue weighted by Crippen LogP contribution is -2.10. The van der Waals surface area contributed by atoms with Gasteiger partial charge in [-0.15, -0.1) is 0 Å². The van der Waals surface area contributed by atoms with E-state index in [0.717, 1.165) is 78.2 Å². The predicted octanol–water partition coefficient (Wildman–Crippen LogP) is 15.1. The molecule has 11 aromatic rings. The number of furan rings is 1. The Morgan fingerprint density at radius 1 is 0.390 bits per heavy atom. The van der Waals surface area contributed by atoms with E-state index in [1.807, 2.05) is 18.2 Å². The highest BCUT2D eigenvalue weighted by atomic mass is 16.3. The third-order valence-corrected chi connectivity index (χ3v) is 11.2. The van der Waals surface area contributed by atoms with Crippen LogP contribution in [0, 0.1) is 0 Å². The fourth-order valence-corrected chi connectivity index (χ4v) is 8.37. The molecular weight excluding hydrogens is 719 g/mol. The summed E-state index contributed by atoms with van der Waals surface area (Å²) in [6, 6.07) is 79.2. The largest absolute Gasteiger partial charge is 0.456 e. The van der Waals surface area contributed by atoms with Crippen LogP contribution in [0.5, 0.6) is 0 Å². The highest BCUT2D eigenvalue weighted by Gasteiger charge is 2.22. The highest BCUT2D eigenvalue weighted by Crippen LogP contribution is 2.46. The molecule has 0 aliphatic carbocycles. The lowest BCUT2D eigenvalue weighted by Gasteiger charge is -2.27. The van der Waals surface area contributed by atoms with Crippen molar-refractivity contribution in [2.75, 3.05) is 4.90 Å². The van der Waals surface area contributed by atoms with E-state index >= 15 is 0 Å². The molecule has 0 N–H and O–H groups in total. The standard InChI is InChI=1S/C55H37N3O/c1-4-15-38(16-5-1)40-27-31-46(32-28-40)57(47-33-29-41(30-34-47)39-17-6-2-7-18-39)51-36-44(37-53-54(51)48-23-10-13-26-52(48)59-53)42-19-14-20-43(35-42)55-56-49-24-11-12-25-50(49)58(55)45-21-8-3-9-22-45/h1-37H. The number of hydrogen-bond donors (Lipinski definition) is 0. The van der Waals surface area contributed by atoms with E-state index in [1.54, 1.807) is 0 Å². The Bertz CT molecular complexity index is 3160. The lowest BCUT2D eigenvalue weighted by atomic mass is 9.98. The van der Waals surface area contributed by atoms with Crippen molar-refractivity contribution in [3.63, 3.8) is 0 Å². The van der Waals surface area contributed by atoms with Crippen molar-refractivity contribution >= 4 is 50.0 Å². The molecular formula is C55H37N3O. The summed E-state index contributed by atoms with van der Waals surface area (Å²) in [7, 11) is 0. The van der Waals surface area contributed by atoms with Gasteiger partial charge >= 0.3 is 0 Å². The van der Waals surface area contributed by atoms with Gasteiger partial charge in [0.1, 0.15) is 17.0 Å². The Morgan fingerprint density at radius 2 is 0.932 bits per heavy atom. The van der Waals surface area contributed by atoms with Crippen molar-refractivity contribution < 1.29 is 4.42 Å². The first-order valence-electron chi connectivity index (χ1n) is 20.0. The van der Waals surface area contributed by atoms with Crippen LogP contribution < -0.4 is 4.90 Å². The van der Waals surface area contributed by atoms with Gasteiger partial charge in [0.05, 0.1) is 22.1 Å². The van der Waals surface area contributed by atoms with E-state index in [1.165, 1.54) is 22.3 Å². The van der Waals surface area contributed by atoms with Gasteiger partial charge in [-0.1, -0.05) is 152 Å². The number of imidazole rings is 1.